The van der Waals surface area contributed by atoms with Crippen LogP contribution in [0.3, 0.4) is 0 Å². The van der Waals surface area contributed by atoms with Gasteiger partial charge in [0.1, 0.15) is 5.25 Å². The molecule has 2 aliphatic rings. The third-order valence-electron chi connectivity index (χ3n) is 9.93. The maximum Gasteiger partial charge on any atom is 0.312 e. The SMILES string of the molecule is CCCCSC(=O)SC1C(=O)N(c2ccc(Cc3ccc(N4C(=O)CC(C(C)(C)C(=O)OCCCCCCOC(=O)C(C)(C)C)C4=O)cc3)cc2)C(=O)C1C. The molecule has 55 heavy (non-hydrogen) atoms. The van der Waals surface area contributed by atoms with E-state index in [2.05, 4.69) is 0 Å². The molecule has 4 rings (SSSR count). The quantitative estimate of drug-likeness (QED) is 0.0870. The predicted molar refractivity (Wildman–Crippen MR) is 216 cm³/mol. The van der Waals surface area contributed by atoms with Crippen molar-refractivity contribution in [3.8, 4) is 0 Å². The highest BCUT2D eigenvalue weighted by atomic mass is 32.2. The van der Waals surface area contributed by atoms with Crippen LogP contribution in [0.15, 0.2) is 48.5 Å². The molecule has 13 heteroatoms. The van der Waals surface area contributed by atoms with Gasteiger partial charge in [-0.25, -0.2) is 4.90 Å². The summed E-state index contributed by atoms with van der Waals surface area (Å²) in [4.78, 5) is 92.6. The Hall–Kier alpha value is -3.97. The summed E-state index contributed by atoms with van der Waals surface area (Å²) in [7, 11) is 0. The lowest BCUT2D eigenvalue weighted by molar-refractivity contribution is -0.159. The third kappa shape index (κ3) is 11.1. The van der Waals surface area contributed by atoms with Crippen LogP contribution in [0.1, 0.15) is 105 Å². The molecule has 2 aromatic rings. The predicted octanol–water partition coefficient (Wildman–Crippen LogP) is 8.14. The van der Waals surface area contributed by atoms with Crippen LogP contribution in [0, 0.1) is 22.7 Å². The Kier molecular flexibility index (Phi) is 15.3. The largest absolute Gasteiger partial charge is 0.465 e. The molecule has 0 aliphatic carbocycles. The molecule has 2 fully saturated rings. The van der Waals surface area contributed by atoms with Crippen molar-refractivity contribution in [1.82, 2.24) is 0 Å². The number of carbonyl (C=O) groups excluding carboxylic acids is 7. The van der Waals surface area contributed by atoms with Gasteiger partial charge >= 0.3 is 11.9 Å². The first-order chi connectivity index (χ1) is 26.0. The van der Waals surface area contributed by atoms with Gasteiger partial charge in [0, 0.05) is 12.2 Å². The van der Waals surface area contributed by atoms with Crippen LogP contribution in [0.2, 0.25) is 0 Å². The van der Waals surface area contributed by atoms with Gasteiger partial charge in [0.25, 0.3) is 0 Å². The number of unbranched alkanes of at least 4 members (excludes halogenated alkanes) is 4. The number of imide groups is 2. The zero-order chi connectivity index (χ0) is 40.5. The molecule has 3 atom stereocenters. The molecule has 0 N–H and O–H groups in total. The summed E-state index contributed by atoms with van der Waals surface area (Å²) >= 11 is 2.13. The number of esters is 2. The summed E-state index contributed by atoms with van der Waals surface area (Å²) in [6.45, 7) is 13.0. The van der Waals surface area contributed by atoms with Gasteiger partial charge in [-0.3, -0.25) is 38.5 Å². The fourth-order valence-electron chi connectivity index (χ4n) is 6.29. The summed E-state index contributed by atoms with van der Waals surface area (Å²) in [5.74, 6) is -3.08. The van der Waals surface area contributed by atoms with Gasteiger partial charge in [0.2, 0.25) is 28.1 Å². The lowest BCUT2D eigenvalue weighted by Crippen LogP contribution is -2.40. The minimum Gasteiger partial charge on any atom is -0.465 e. The zero-order valence-corrected chi connectivity index (χ0v) is 34.6. The highest BCUT2D eigenvalue weighted by Gasteiger charge is 2.51. The molecule has 11 nitrogen and oxygen atoms in total. The molecule has 0 saturated carbocycles. The van der Waals surface area contributed by atoms with E-state index in [4.69, 9.17) is 9.47 Å². The minimum atomic E-state index is -1.21. The molecule has 2 aromatic carbocycles. The number of ether oxygens (including phenoxy) is 2. The van der Waals surface area contributed by atoms with Crippen LogP contribution >= 0.6 is 23.5 Å². The molecule has 0 aromatic heterocycles. The molecule has 3 unspecified atom stereocenters. The maximum atomic E-state index is 13.6. The highest BCUT2D eigenvalue weighted by Crippen LogP contribution is 2.40. The zero-order valence-electron chi connectivity index (χ0n) is 33.0. The Bertz CT molecular complexity index is 1730. The standard InChI is InChI=1S/C42H54N2O9S2/c1-8-9-24-54-40(51)55-34-27(2)35(46)44(37(34)48)31-20-16-29(17-21-31)25-28-14-18-30(19-15-28)43-33(45)26-32(36(43)47)42(6,7)39(50)53-23-13-11-10-12-22-52-38(49)41(3,4)5/h14-21,27,32,34H,8-13,22-26H2,1-7H3. The van der Waals surface area contributed by atoms with E-state index in [1.165, 1.54) is 16.7 Å². The number of carbonyl (C=O) groups is 7. The summed E-state index contributed by atoms with van der Waals surface area (Å²) in [6, 6.07) is 14.2. The monoisotopic (exact) mass is 794 g/mol. The van der Waals surface area contributed by atoms with Crippen LogP contribution in [-0.4, -0.2) is 64.2 Å². The molecule has 2 saturated heterocycles. The van der Waals surface area contributed by atoms with Gasteiger partial charge in [-0.1, -0.05) is 68.1 Å². The number of rotatable bonds is 17. The van der Waals surface area contributed by atoms with Crippen LogP contribution < -0.4 is 9.80 Å². The number of amides is 4. The molecule has 0 bridgehead atoms. The van der Waals surface area contributed by atoms with E-state index in [0.717, 1.165) is 59.9 Å². The third-order valence-corrected chi connectivity index (χ3v) is 12.4. The van der Waals surface area contributed by atoms with E-state index in [1.807, 2.05) is 52.0 Å². The Morgan fingerprint density at radius 1 is 0.709 bits per heavy atom. The van der Waals surface area contributed by atoms with Crippen LogP contribution in [-0.2, 0) is 44.7 Å². The van der Waals surface area contributed by atoms with Gasteiger partial charge in [0.15, 0.2) is 0 Å². The molecule has 4 amide bonds. The topological polar surface area (TPSA) is 144 Å². The fraction of sp³-hybridized carbons (Fsp3) is 0.548. The lowest BCUT2D eigenvalue weighted by atomic mass is 9.78. The summed E-state index contributed by atoms with van der Waals surface area (Å²) in [6.07, 6.45) is 5.27. The second kappa shape index (κ2) is 19.3. The van der Waals surface area contributed by atoms with Crippen molar-refractivity contribution >= 4 is 74.9 Å². The first-order valence-electron chi connectivity index (χ1n) is 19.1. The van der Waals surface area contributed by atoms with Crippen molar-refractivity contribution in [3.05, 3.63) is 59.7 Å². The van der Waals surface area contributed by atoms with E-state index < -0.39 is 39.8 Å². The molecule has 2 heterocycles. The smallest absolute Gasteiger partial charge is 0.312 e. The second-order valence-corrected chi connectivity index (χ2v) is 18.2. The average molecular weight is 795 g/mol. The highest BCUT2D eigenvalue weighted by molar-refractivity contribution is 8.39. The Labute approximate surface area is 333 Å². The normalized spacial score (nSPS) is 19.0. The minimum absolute atomic E-state index is 0.100. The van der Waals surface area contributed by atoms with Gasteiger partial charge < -0.3 is 9.47 Å². The first-order valence-corrected chi connectivity index (χ1v) is 20.9. The van der Waals surface area contributed by atoms with E-state index in [-0.39, 0.29) is 41.2 Å². The van der Waals surface area contributed by atoms with Crippen LogP contribution in [0.25, 0.3) is 0 Å². The lowest BCUT2D eigenvalue weighted by Gasteiger charge is -2.27. The van der Waals surface area contributed by atoms with Crippen molar-refractivity contribution in [2.24, 2.45) is 22.7 Å². The second-order valence-electron chi connectivity index (χ2n) is 15.8. The van der Waals surface area contributed by atoms with Crippen LogP contribution in [0.5, 0.6) is 0 Å². The van der Waals surface area contributed by atoms with Crippen LogP contribution in [0.4, 0.5) is 16.2 Å². The molecule has 0 spiro atoms. The number of anilines is 2. The number of thioether (sulfide) groups is 2. The summed E-state index contributed by atoms with van der Waals surface area (Å²) in [5, 5.41) is -0.747. The molecule has 2 aliphatic heterocycles. The average Bonchev–Trinajstić information content (AvgIpc) is 3.55. The van der Waals surface area contributed by atoms with Gasteiger partial charge in [-0.05, 0) is 109 Å². The van der Waals surface area contributed by atoms with Gasteiger partial charge in [-0.15, -0.1) is 0 Å². The first kappa shape index (κ1) is 43.8. The van der Waals surface area contributed by atoms with Crippen molar-refractivity contribution in [2.75, 3.05) is 28.8 Å². The van der Waals surface area contributed by atoms with Gasteiger partial charge in [-0.2, -0.15) is 0 Å². The summed E-state index contributed by atoms with van der Waals surface area (Å²) in [5.41, 5.74) is 0.975. The fourth-order valence-corrected chi connectivity index (χ4v) is 8.45. The maximum absolute atomic E-state index is 13.6. The Morgan fingerprint density at radius 3 is 1.76 bits per heavy atom. The molecule has 298 valence electrons. The Balaban J connectivity index is 1.27. The van der Waals surface area contributed by atoms with Crippen molar-refractivity contribution in [1.29, 1.82) is 0 Å². The van der Waals surface area contributed by atoms with Gasteiger partial charge in [0.05, 0.1) is 47.3 Å². The van der Waals surface area contributed by atoms with E-state index in [9.17, 15) is 33.6 Å². The van der Waals surface area contributed by atoms with E-state index in [0.29, 0.717) is 36.6 Å². The number of benzene rings is 2. The molecular weight excluding hydrogens is 741 g/mol. The van der Waals surface area contributed by atoms with Crippen molar-refractivity contribution in [2.45, 2.75) is 105 Å². The number of hydrogen-bond donors (Lipinski definition) is 0. The number of hydrogen-bond acceptors (Lipinski definition) is 11. The van der Waals surface area contributed by atoms with E-state index in [1.54, 1.807) is 45.0 Å². The van der Waals surface area contributed by atoms with E-state index >= 15 is 0 Å². The summed E-state index contributed by atoms with van der Waals surface area (Å²) < 4.78 is 10.7. The molecule has 0 radical (unpaired) electrons. The van der Waals surface area contributed by atoms with Crippen molar-refractivity contribution in [3.63, 3.8) is 0 Å². The Morgan fingerprint density at radius 2 is 1.24 bits per heavy atom. The van der Waals surface area contributed by atoms with Crippen molar-refractivity contribution < 1.29 is 43.0 Å². The molecular formula is C42H54N2O9S2. The number of nitrogens with zero attached hydrogens (tertiary/aromatic N) is 2.